The highest BCUT2D eigenvalue weighted by atomic mass is 14.9. The molecule has 1 aromatic heterocycles. The Labute approximate surface area is 85.7 Å². The second kappa shape index (κ2) is 4.96. The van der Waals surface area contributed by atoms with Crippen molar-refractivity contribution in [3.05, 3.63) is 23.4 Å². The van der Waals surface area contributed by atoms with Crippen molar-refractivity contribution < 1.29 is 0 Å². The maximum absolute atomic E-state index is 5.73. The Hall–Kier alpha value is -1.09. The molecule has 78 valence electrons. The van der Waals surface area contributed by atoms with Gasteiger partial charge in [0.05, 0.1) is 0 Å². The van der Waals surface area contributed by atoms with Gasteiger partial charge >= 0.3 is 0 Å². The van der Waals surface area contributed by atoms with Gasteiger partial charge < -0.3 is 11.1 Å². The summed E-state index contributed by atoms with van der Waals surface area (Å²) in [4.78, 5) is 4.29. The first-order valence-electron chi connectivity index (χ1n) is 5.10. The largest absolute Gasteiger partial charge is 0.384 e. The number of nitrogens with two attached hydrogens (primary N) is 1. The zero-order valence-electron chi connectivity index (χ0n) is 9.17. The van der Waals surface area contributed by atoms with E-state index in [1.807, 2.05) is 6.07 Å². The van der Waals surface area contributed by atoms with E-state index in [1.165, 1.54) is 5.56 Å². The van der Waals surface area contributed by atoms with Crippen LogP contribution >= 0.6 is 0 Å². The summed E-state index contributed by atoms with van der Waals surface area (Å²) in [5, 5.41) is 3.27. The molecule has 0 aliphatic heterocycles. The summed E-state index contributed by atoms with van der Waals surface area (Å²) in [6.45, 7) is 8.17. The third-order valence-electron chi connectivity index (χ3n) is 2.10. The normalized spacial score (nSPS) is 10.9. The average Bonchev–Trinajstić information content (AvgIpc) is 2.14. The number of pyridine rings is 1. The van der Waals surface area contributed by atoms with Gasteiger partial charge in [-0.1, -0.05) is 20.8 Å². The fourth-order valence-electron chi connectivity index (χ4n) is 1.30. The van der Waals surface area contributed by atoms with Gasteiger partial charge in [0.2, 0.25) is 0 Å². The van der Waals surface area contributed by atoms with Crippen molar-refractivity contribution in [1.29, 1.82) is 0 Å². The molecule has 0 unspecified atom stereocenters. The third-order valence-corrected chi connectivity index (χ3v) is 2.10. The van der Waals surface area contributed by atoms with Crippen LogP contribution in [0.2, 0.25) is 0 Å². The standard InChI is InChI=1S/C11H19N3/c1-4-13-7-9-5-10(8(2)3)14-11(12)6-9/h5-6,8,13H,4,7H2,1-3H3,(H2,12,14). The Morgan fingerprint density at radius 2 is 2.14 bits per heavy atom. The summed E-state index contributed by atoms with van der Waals surface area (Å²) < 4.78 is 0. The summed E-state index contributed by atoms with van der Waals surface area (Å²) in [6, 6.07) is 4.04. The topological polar surface area (TPSA) is 50.9 Å². The Morgan fingerprint density at radius 1 is 1.43 bits per heavy atom. The van der Waals surface area contributed by atoms with E-state index in [0.29, 0.717) is 11.7 Å². The molecule has 0 saturated carbocycles. The van der Waals surface area contributed by atoms with E-state index < -0.39 is 0 Å². The predicted octanol–water partition coefficient (Wildman–Crippen LogP) is 1.90. The molecular weight excluding hydrogens is 174 g/mol. The summed E-state index contributed by atoms with van der Waals surface area (Å²) in [5.74, 6) is 1.04. The van der Waals surface area contributed by atoms with E-state index in [0.717, 1.165) is 18.8 Å². The number of nitrogens with zero attached hydrogens (tertiary/aromatic N) is 1. The molecule has 14 heavy (non-hydrogen) atoms. The van der Waals surface area contributed by atoms with Gasteiger partial charge in [0.1, 0.15) is 5.82 Å². The second-order valence-corrected chi connectivity index (χ2v) is 3.76. The van der Waals surface area contributed by atoms with Crippen molar-refractivity contribution >= 4 is 5.82 Å². The first-order valence-corrected chi connectivity index (χ1v) is 5.10. The van der Waals surface area contributed by atoms with Gasteiger partial charge in [-0.2, -0.15) is 0 Å². The summed E-state index contributed by atoms with van der Waals surface area (Å²) in [5.41, 5.74) is 8.01. The molecule has 0 amide bonds. The number of anilines is 1. The zero-order chi connectivity index (χ0) is 10.6. The van der Waals surface area contributed by atoms with E-state index in [9.17, 15) is 0 Å². The van der Waals surface area contributed by atoms with Gasteiger partial charge in [-0.05, 0) is 30.2 Å². The van der Waals surface area contributed by atoms with Gasteiger partial charge in [-0.15, -0.1) is 0 Å². The van der Waals surface area contributed by atoms with Gasteiger partial charge in [0.15, 0.2) is 0 Å². The van der Waals surface area contributed by atoms with Crippen LogP contribution < -0.4 is 11.1 Å². The van der Waals surface area contributed by atoms with Crippen molar-refractivity contribution in [2.45, 2.75) is 33.2 Å². The molecular formula is C11H19N3. The van der Waals surface area contributed by atoms with Gasteiger partial charge in [0, 0.05) is 12.2 Å². The quantitative estimate of drug-likeness (QED) is 0.768. The number of rotatable bonds is 4. The molecule has 0 radical (unpaired) electrons. The molecule has 3 heteroatoms. The molecule has 1 aromatic rings. The summed E-state index contributed by atoms with van der Waals surface area (Å²) >= 11 is 0. The van der Waals surface area contributed by atoms with Gasteiger partial charge in [-0.3, -0.25) is 0 Å². The maximum Gasteiger partial charge on any atom is 0.123 e. The van der Waals surface area contributed by atoms with Crippen LogP contribution in [0.1, 0.15) is 37.9 Å². The minimum atomic E-state index is 0.430. The molecule has 1 heterocycles. The van der Waals surface area contributed by atoms with Crippen LogP contribution in [-0.4, -0.2) is 11.5 Å². The van der Waals surface area contributed by atoms with Crippen molar-refractivity contribution in [2.24, 2.45) is 0 Å². The van der Waals surface area contributed by atoms with Crippen LogP contribution in [-0.2, 0) is 6.54 Å². The zero-order valence-corrected chi connectivity index (χ0v) is 9.17. The highest BCUT2D eigenvalue weighted by Crippen LogP contribution is 2.15. The summed E-state index contributed by atoms with van der Waals surface area (Å²) in [7, 11) is 0. The Balaban J connectivity index is 2.84. The Bertz CT molecular complexity index is 295. The number of hydrogen-bond donors (Lipinski definition) is 2. The summed E-state index contributed by atoms with van der Waals surface area (Å²) in [6.07, 6.45) is 0. The molecule has 0 fully saturated rings. The SMILES string of the molecule is CCNCc1cc(N)nc(C(C)C)c1. The van der Waals surface area contributed by atoms with Crippen molar-refractivity contribution in [2.75, 3.05) is 12.3 Å². The van der Waals surface area contributed by atoms with E-state index in [2.05, 4.69) is 37.1 Å². The lowest BCUT2D eigenvalue weighted by Crippen LogP contribution is -2.12. The van der Waals surface area contributed by atoms with E-state index >= 15 is 0 Å². The number of nitrogen functional groups attached to an aromatic ring is 1. The molecule has 0 aromatic carbocycles. The lowest BCUT2D eigenvalue weighted by Gasteiger charge is -2.09. The van der Waals surface area contributed by atoms with Crippen LogP contribution in [0.4, 0.5) is 5.82 Å². The minimum Gasteiger partial charge on any atom is -0.384 e. The highest BCUT2D eigenvalue weighted by molar-refractivity contribution is 5.35. The average molecular weight is 193 g/mol. The molecule has 0 saturated heterocycles. The lowest BCUT2D eigenvalue weighted by atomic mass is 10.1. The predicted molar refractivity (Wildman–Crippen MR) is 60.1 cm³/mol. The number of nitrogens with one attached hydrogen (secondary N) is 1. The van der Waals surface area contributed by atoms with Gasteiger partial charge in [-0.25, -0.2) is 4.98 Å². The molecule has 0 aliphatic rings. The first kappa shape index (κ1) is 11.0. The minimum absolute atomic E-state index is 0.430. The van der Waals surface area contributed by atoms with Crippen LogP contribution in [0, 0.1) is 0 Å². The monoisotopic (exact) mass is 193 g/mol. The molecule has 0 atom stereocenters. The molecule has 3 nitrogen and oxygen atoms in total. The fourth-order valence-corrected chi connectivity index (χ4v) is 1.30. The smallest absolute Gasteiger partial charge is 0.123 e. The van der Waals surface area contributed by atoms with Crippen LogP contribution in [0.3, 0.4) is 0 Å². The van der Waals surface area contributed by atoms with Crippen LogP contribution in [0.25, 0.3) is 0 Å². The molecule has 3 N–H and O–H groups in total. The lowest BCUT2D eigenvalue weighted by molar-refractivity contribution is 0.721. The fraction of sp³-hybridized carbons (Fsp3) is 0.545. The molecule has 1 rings (SSSR count). The Morgan fingerprint density at radius 3 is 2.71 bits per heavy atom. The van der Waals surface area contributed by atoms with Crippen LogP contribution in [0.15, 0.2) is 12.1 Å². The maximum atomic E-state index is 5.73. The molecule has 0 bridgehead atoms. The first-order chi connectivity index (χ1) is 6.63. The van der Waals surface area contributed by atoms with E-state index in [1.54, 1.807) is 0 Å². The van der Waals surface area contributed by atoms with Crippen LogP contribution in [0.5, 0.6) is 0 Å². The van der Waals surface area contributed by atoms with Crippen molar-refractivity contribution in [3.8, 4) is 0 Å². The van der Waals surface area contributed by atoms with Crippen molar-refractivity contribution in [3.63, 3.8) is 0 Å². The molecule has 0 spiro atoms. The van der Waals surface area contributed by atoms with E-state index in [-0.39, 0.29) is 0 Å². The van der Waals surface area contributed by atoms with Gasteiger partial charge in [0.25, 0.3) is 0 Å². The highest BCUT2D eigenvalue weighted by Gasteiger charge is 2.03. The van der Waals surface area contributed by atoms with E-state index in [4.69, 9.17) is 5.73 Å². The second-order valence-electron chi connectivity index (χ2n) is 3.76. The Kier molecular flexibility index (Phi) is 3.89. The molecule has 0 aliphatic carbocycles. The number of aromatic nitrogens is 1. The third kappa shape index (κ3) is 3.00. The van der Waals surface area contributed by atoms with Crippen molar-refractivity contribution in [1.82, 2.24) is 10.3 Å². The number of hydrogen-bond acceptors (Lipinski definition) is 3.